The number of hydrogen-bond acceptors (Lipinski definition) is 5. The van der Waals surface area contributed by atoms with Gasteiger partial charge in [0, 0.05) is 17.8 Å². The maximum absolute atomic E-state index is 12.9. The van der Waals surface area contributed by atoms with Crippen molar-refractivity contribution in [3.8, 4) is 11.5 Å². The molecule has 0 radical (unpaired) electrons. The summed E-state index contributed by atoms with van der Waals surface area (Å²) in [6.45, 7) is 1.45. The van der Waals surface area contributed by atoms with Crippen LogP contribution in [0, 0.1) is 0 Å². The van der Waals surface area contributed by atoms with E-state index in [1.54, 1.807) is 0 Å². The van der Waals surface area contributed by atoms with Crippen molar-refractivity contribution in [3.63, 3.8) is 0 Å². The van der Waals surface area contributed by atoms with Gasteiger partial charge in [0.2, 0.25) is 12.0 Å². The Morgan fingerprint density at radius 3 is 2.65 bits per heavy atom. The first-order valence-electron chi connectivity index (χ1n) is 7.43. The number of aromatic nitrogens is 4. The maximum Gasteiger partial charge on any atom is 0.433 e. The SMILES string of the molecule is CCS(=O)(=O)c1ccc[n+](O)c1-c1nc2cc(C(F)(F)F)ncc2n1C. The Labute approximate surface area is 146 Å². The summed E-state index contributed by atoms with van der Waals surface area (Å²) in [7, 11) is -2.22. The van der Waals surface area contributed by atoms with Crippen LogP contribution in [0.15, 0.2) is 35.5 Å². The highest BCUT2D eigenvalue weighted by Crippen LogP contribution is 2.31. The van der Waals surface area contributed by atoms with Crippen molar-refractivity contribution in [2.45, 2.75) is 18.0 Å². The summed E-state index contributed by atoms with van der Waals surface area (Å²) in [5.41, 5.74) is -1.01. The Morgan fingerprint density at radius 2 is 2.04 bits per heavy atom. The molecular formula is C15H14F3N4O3S+. The van der Waals surface area contributed by atoms with Gasteiger partial charge in [0.05, 0.1) is 23.0 Å². The van der Waals surface area contributed by atoms with Gasteiger partial charge in [0.15, 0.2) is 9.84 Å². The molecule has 0 bridgehead atoms. The van der Waals surface area contributed by atoms with Crippen LogP contribution >= 0.6 is 0 Å². The Morgan fingerprint density at radius 1 is 1.35 bits per heavy atom. The zero-order valence-corrected chi connectivity index (χ0v) is 14.5. The minimum absolute atomic E-state index is 0.00347. The van der Waals surface area contributed by atoms with E-state index in [0.29, 0.717) is 4.73 Å². The van der Waals surface area contributed by atoms with E-state index in [2.05, 4.69) is 9.97 Å². The van der Waals surface area contributed by atoms with E-state index >= 15 is 0 Å². The molecule has 0 spiro atoms. The molecule has 0 unspecified atom stereocenters. The van der Waals surface area contributed by atoms with Crippen LogP contribution in [-0.2, 0) is 23.1 Å². The fraction of sp³-hybridized carbons (Fsp3) is 0.267. The first-order chi connectivity index (χ1) is 12.1. The number of alkyl halides is 3. The molecule has 3 aromatic heterocycles. The average Bonchev–Trinajstić information content (AvgIpc) is 2.90. The fourth-order valence-electron chi connectivity index (χ4n) is 2.55. The third-order valence-electron chi connectivity index (χ3n) is 3.92. The van der Waals surface area contributed by atoms with Gasteiger partial charge < -0.3 is 4.57 Å². The molecule has 26 heavy (non-hydrogen) atoms. The summed E-state index contributed by atoms with van der Waals surface area (Å²) in [5.74, 6) is -0.218. The van der Waals surface area contributed by atoms with Crippen molar-refractivity contribution in [2.24, 2.45) is 7.05 Å². The minimum atomic E-state index is -4.63. The van der Waals surface area contributed by atoms with Gasteiger partial charge in [-0.2, -0.15) is 13.2 Å². The fourth-order valence-corrected chi connectivity index (χ4v) is 3.63. The Bertz CT molecular complexity index is 1110. The Hall–Kier alpha value is -2.69. The minimum Gasteiger partial charge on any atom is -0.321 e. The number of halogens is 3. The molecule has 0 aliphatic rings. The number of aryl methyl sites for hydroxylation is 1. The van der Waals surface area contributed by atoms with Gasteiger partial charge in [-0.25, -0.2) is 18.4 Å². The number of nitrogens with zero attached hydrogens (tertiary/aromatic N) is 4. The highest BCUT2D eigenvalue weighted by Gasteiger charge is 2.34. The Kier molecular flexibility index (Phi) is 4.14. The molecule has 138 valence electrons. The van der Waals surface area contributed by atoms with Gasteiger partial charge in [0.25, 0.3) is 0 Å². The van der Waals surface area contributed by atoms with Crippen molar-refractivity contribution in [1.29, 1.82) is 0 Å². The molecule has 0 atom stereocenters. The lowest BCUT2D eigenvalue weighted by atomic mass is 10.3. The van der Waals surface area contributed by atoms with E-state index in [1.165, 1.54) is 36.9 Å². The molecule has 3 rings (SSSR count). The smallest absolute Gasteiger partial charge is 0.321 e. The van der Waals surface area contributed by atoms with Gasteiger partial charge in [-0.1, -0.05) is 6.92 Å². The van der Waals surface area contributed by atoms with Crippen molar-refractivity contribution in [3.05, 3.63) is 36.3 Å². The lowest BCUT2D eigenvalue weighted by Crippen LogP contribution is -2.35. The van der Waals surface area contributed by atoms with Crippen LogP contribution in [-0.4, -0.2) is 33.9 Å². The monoisotopic (exact) mass is 387 g/mol. The average molecular weight is 387 g/mol. The van der Waals surface area contributed by atoms with E-state index in [1.807, 2.05) is 0 Å². The van der Waals surface area contributed by atoms with Crippen molar-refractivity contribution in [1.82, 2.24) is 14.5 Å². The largest absolute Gasteiger partial charge is 0.433 e. The number of imidazole rings is 1. The van der Waals surface area contributed by atoms with Crippen LogP contribution in [0.4, 0.5) is 13.2 Å². The Balaban J connectivity index is 2.32. The van der Waals surface area contributed by atoms with Crippen LogP contribution < -0.4 is 4.73 Å². The third kappa shape index (κ3) is 2.87. The summed E-state index contributed by atoms with van der Waals surface area (Å²) in [4.78, 5) is 7.31. The van der Waals surface area contributed by atoms with Gasteiger partial charge >= 0.3 is 11.9 Å². The molecule has 7 nitrogen and oxygen atoms in total. The van der Waals surface area contributed by atoms with Crippen LogP contribution in [0.25, 0.3) is 22.6 Å². The van der Waals surface area contributed by atoms with Crippen LogP contribution in [0.2, 0.25) is 0 Å². The predicted octanol–water partition coefficient (Wildman–Crippen LogP) is 1.97. The second-order valence-electron chi connectivity index (χ2n) is 5.52. The normalized spacial score (nSPS) is 12.7. The maximum atomic E-state index is 12.9. The molecule has 0 saturated heterocycles. The van der Waals surface area contributed by atoms with Crippen molar-refractivity contribution < 1.29 is 31.5 Å². The zero-order valence-electron chi connectivity index (χ0n) is 13.7. The molecule has 0 aromatic carbocycles. The highest BCUT2D eigenvalue weighted by molar-refractivity contribution is 7.91. The first kappa shape index (κ1) is 18.1. The molecule has 3 heterocycles. The topological polar surface area (TPSA) is 89.0 Å². The molecule has 0 fully saturated rings. The number of pyridine rings is 2. The molecule has 1 N–H and O–H groups in total. The highest BCUT2D eigenvalue weighted by atomic mass is 32.2. The quantitative estimate of drug-likeness (QED) is 0.548. The number of sulfone groups is 1. The van der Waals surface area contributed by atoms with Gasteiger partial charge in [-0.05, 0) is 12.1 Å². The predicted molar refractivity (Wildman–Crippen MR) is 84.1 cm³/mol. The second-order valence-corrected chi connectivity index (χ2v) is 7.77. The van der Waals surface area contributed by atoms with E-state index in [4.69, 9.17) is 0 Å². The summed E-state index contributed by atoms with van der Waals surface area (Å²) < 4.78 is 65.2. The molecule has 0 aliphatic heterocycles. The summed E-state index contributed by atoms with van der Waals surface area (Å²) in [6.07, 6.45) is -2.41. The molecule has 0 saturated carbocycles. The number of fused-ring (bicyclic) bond motifs is 1. The lowest BCUT2D eigenvalue weighted by molar-refractivity contribution is -0.897. The first-order valence-corrected chi connectivity index (χ1v) is 9.08. The number of rotatable bonds is 3. The molecular weight excluding hydrogens is 373 g/mol. The van der Waals surface area contributed by atoms with Crippen LogP contribution in [0.1, 0.15) is 12.6 Å². The standard InChI is InChI=1S/C15H14F3N4O3S/c1-3-26(24,25)11-5-4-6-22(23)13(11)14-20-9-7-12(15(16,17)18)19-8-10(9)21(14)2/h4-8,23H,3H2,1-2H3/q+1. The molecule has 0 amide bonds. The summed E-state index contributed by atoms with van der Waals surface area (Å²) in [6, 6.07) is 3.43. The van der Waals surface area contributed by atoms with E-state index in [9.17, 15) is 26.8 Å². The van der Waals surface area contributed by atoms with E-state index < -0.39 is 21.7 Å². The van der Waals surface area contributed by atoms with Crippen LogP contribution in [0.5, 0.6) is 0 Å². The van der Waals surface area contributed by atoms with Crippen molar-refractivity contribution in [2.75, 3.05) is 5.75 Å². The number of hydrogen-bond donors (Lipinski definition) is 1. The van der Waals surface area contributed by atoms with E-state index in [-0.39, 0.29) is 33.2 Å². The molecule has 0 aliphatic carbocycles. The molecule has 3 aromatic rings. The summed E-state index contributed by atoms with van der Waals surface area (Å²) >= 11 is 0. The van der Waals surface area contributed by atoms with Gasteiger partial charge in [-0.3, -0.25) is 5.21 Å². The van der Waals surface area contributed by atoms with Crippen molar-refractivity contribution >= 4 is 20.9 Å². The van der Waals surface area contributed by atoms with E-state index in [0.717, 1.165) is 12.3 Å². The third-order valence-corrected chi connectivity index (χ3v) is 5.68. The lowest BCUT2D eigenvalue weighted by Gasteiger charge is -2.05. The second kappa shape index (κ2) is 5.94. The van der Waals surface area contributed by atoms with Gasteiger partial charge in [0.1, 0.15) is 10.6 Å². The van der Waals surface area contributed by atoms with Gasteiger partial charge in [-0.15, -0.1) is 0 Å². The molecule has 11 heteroatoms. The van der Waals surface area contributed by atoms with Crippen LogP contribution in [0.3, 0.4) is 0 Å². The zero-order chi connectivity index (χ0) is 19.3. The summed E-state index contributed by atoms with van der Waals surface area (Å²) in [5, 5.41) is 10.1.